The number of benzene rings is 2. The van der Waals surface area contributed by atoms with E-state index in [1.807, 2.05) is 30.3 Å². The molecule has 1 fully saturated rings. The molecule has 158 valence electrons. The van der Waals surface area contributed by atoms with Crippen LogP contribution in [-0.2, 0) is 16.1 Å². The van der Waals surface area contributed by atoms with E-state index in [0.717, 1.165) is 18.4 Å². The van der Waals surface area contributed by atoms with Crippen molar-refractivity contribution in [3.8, 4) is 11.3 Å². The highest BCUT2D eigenvalue weighted by Crippen LogP contribution is 2.24. The van der Waals surface area contributed by atoms with Gasteiger partial charge in [-0.15, -0.1) is 0 Å². The summed E-state index contributed by atoms with van der Waals surface area (Å²) in [6.45, 7) is 0.463. The normalized spacial score (nSPS) is 12.8. The molecule has 3 aromatic rings. The minimum absolute atomic E-state index is 0.0432. The first-order valence-corrected chi connectivity index (χ1v) is 10.2. The van der Waals surface area contributed by atoms with E-state index in [4.69, 9.17) is 11.6 Å². The van der Waals surface area contributed by atoms with E-state index in [9.17, 15) is 14.4 Å². The fourth-order valence-corrected chi connectivity index (χ4v) is 3.10. The second kappa shape index (κ2) is 9.01. The Bertz CT molecular complexity index is 1110. The topological polar surface area (TPSA) is 105 Å². The van der Waals surface area contributed by atoms with Crippen molar-refractivity contribution in [3.63, 3.8) is 0 Å². The Morgan fingerprint density at radius 1 is 0.968 bits per heavy atom. The lowest BCUT2D eigenvalue weighted by molar-refractivity contribution is -0.139. The van der Waals surface area contributed by atoms with Gasteiger partial charge in [0.05, 0.1) is 12.1 Å². The number of rotatable bonds is 5. The van der Waals surface area contributed by atoms with Crippen LogP contribution in [0.1, 0.15) is 28.8 Å². The van der Waals surface area contributed by atoms with Gasteiger partial charge in [-0.3, -0.25) is 29.9 Å². The third-order valence-corrected chi connectivity index (χ3v) is 4.97. The van der Waals surface area contributed by atoms with E-state index >= 15 is 0 Å². The minimum Gasteiger partial charge on any atom is -0.345 e. The van der Waals surface area contributed by atoms with Gasteiger partial charge in [-0.2, -0.15) is 5.10 Å². The fraction of sp³-hybridized carbons (Fsp3) is 0.182. The highest BCUT2D eigenvalue weighted by atomic mass is 35.5. The number of amides is 3. The molecule has 31 heavy (non-hydrogen) atoms. The molecule has 3 N–H and O–H groups in total. The van der Waals surface area contributed by atoms with Gasteiger partial charge in [0.1, 0.15) is 5.69 Å². The number of nitrogens with one attached hydrogen (secondary N) is 3. The Hall–Kier alpha value is -3.65. The van der Waals surface area contributed by atoms with Crippen molar-refractivity contribution in [1.29, 1.82) is 0 Å². The molecule has 0 atom stereocenters. The number of carbonyl (C=O) groups is 3. The average molecular weight is 438 g/mol. The van der Waals surface area contributed by atoms with Crippen LogP contribution in [0.25, 0.3) is 11.3 Å². The van der Waals surface area contributed by atoms with Crippen molar-refractivity contribution in [1.82, 2.24) is 25.9 Å². The van der Waals surface area contributed by atoms with E-state index < -0.39 is 17.7 Å². The van der Waals surface area contributed by atoms with E-state index in [1.54, 1.807) is 35.1 Å². The predicted molar refractivity (Wildman–Crippen MR) is 115 cm³/mol. The van der Waals surface area contributed by atoms with Crippen molar-refractivity contribution in [2.75, 3.05) is 0 Å². The molecular weight excluding hydrogens is 418 g/mol. The molecule has 4 rings (SSSR count). The number of aromatic nitrogens is 2. The summed E-state index contributed by atoms with van der Waals surface area (Å²) in [6.07, 6.45) is 3.32. The van der Waals surface area contributed by atoms with Crippen LogP contribution in [0.5, 0.6) is 0 Å². The maximum Gasteiger partial charge on any atom is 0.327 e. The summed E-state index contributed by atoms with van der Waals surface area (Å²) in [5, 5.41) is 7.68. The Balaban J connectivity index is 1.53. The van der Waals surface area contributed by atoms with Crippen LogP contribution in [0, 0.1) is 0 Å². The van der Waals surface area contributed by atoms with Gasteiger partial charge >= 0.3 is 11.8 Å². The molecule has 0 saturated heterocycles. The quantitative estimate of drug-likeness (QED) is 0.420. The van der Waals surface area contributed by atoms with Gasteiger partial charge in [0.25, 0.3) is 5.91 Å². The molecular formula is C22H20ClN5O3. The summed E-state index contributed by atoms with van der Waals surface area (Å²) in [5.74, 6) is -2.29. The largest absolute Gasteiger partial charge is 0.345 e. The number of nitrogens with zero attached hydrogens (tertiary/aromatic N) is 2. The van der Waals surface area contributed by atoms with Crippen molar-refractivity contribution in [3.05, 3.63) is 76.9 Å². The maximum absolute atomic E-state index is 12.8. The molecule has 0 spiro atoms. The highest BCUT2D eigenvalue weighted by Gasteiger charge is 2.27. The van der Waals surface area contributed by atoms with Crippen molar-refractivity contribution in [2.24, 2.45) is 0 Å². The lowest BCUT2D eigenvalue weighted by Crippen LogP contribution is -2.49. The smallest absolute Gasteiger partial charge is 0.327 e. The van der Waals surface area contributed by atoms with Crippen LogP contribution in [-0.4, -0.2) is 33.5 Å². The molecule has 3 amide bonds. The number of hydrogen-bond acceptors (Lipinski definition) is 4. The Morgan fingerprint density at radius 2 is 1.68 bits per heavy atom. The first-order chi connectivity index (χ1) is 15.0. The Morgan fingerprint density at radius 3 is 2.35 bits per heavy atom. The van der Waals surface area contributed by atoms with Crippen LogP contribution >= 0.6 is 11.6 Å². The molecule has 0 unspecified atom stereocenters. The van der Waals surface area contributed by atoms with Crippen molar-refractivity contribution in [2.45, 2.75) is 25.4 Å². The Kier molecular flexibility index (Phi) is 5.99. The van der Waals surface area contributed by atoms with Gasteiger partial charge < -0.3 is 5.32 Å². The summed E-state index contributed by atoms with van der Waals surface area (Å²) in [7, 11) is 0. The fourth-order valence-electron chi connectivity index (χ4n) is 2.98. The van der Waals surface area contributed by atoms with Gasteiger partial charge in [-0.1, -0.05) is 54.1 Å². The zero-order chi connectivity index (χ0) is 21.8. The molecule has 0 aliphatic heterocycles. The lowest BCUT2D eigenvalue weighted by atomic mass is 10.1. The molecule has 0 bridgehead atoms. The number of halogens is 1. The molecule has 1 aliphatic carbocycles. The third-order valence-electron chi connectivity index (χ3n) is 4.72. The average Bonchev–Trinajstić information content (AvgIpc) is 3.49. The van der Waals surface area contributed by atoms with Crippen LogP contribution in [0.2, 0.25) is 5.02 Å². The minimum atomic E-state index is -0.926. The van der Waals surface area contributed by atoms with Gasteiger partial charge in [0.2, 0.25) is 0 Å². The van der Waals surface area contributed by atoms with Gasteiger partial charge in [-0.05, 0) is 30.5 Å². The molecule has 1 aromatic heterocycles. The molecule has 1 heterocycles. The standard InChI is InChI=1S/C22H20ClN5O3/c23-16-8-6-15(7-9-16)19-18(13-28(27-19)12-14-4-2-1-3-5-14)20(29)25-26-22(31)21(30)24-17-10-11-17/h1-9,13,17H,10-12H2,(H,24,30)(H,25,29)(H,26,31). The third kappa shape index (κ3) is 5.29. The summed E-state index contributed by atoms with van der Waals surface area (Å²) in [4.78, 5) is 36.5. The van der Waals surface area contributed by atoms with Gasteiger partial charge in [0, 0.05) is 22.8 Å². The maximum atomic E-state index is 12.8. The summed E-state index contributed by atoms with van der Waals surface area (Å²) >= 11 is 5.98. The summed E-state index contributed by atoms with van der Waals surface area (Å²) in [6, 6.07) is 16.7. The molecule has 1 saturated carbocycles. The van der Waals surface area contributed by atoms with E-state index in [1.165, 1.54) is 0 Å². The highest BCUT2D eigenvalue weighted by molar-refractivity contribution is 6.35. The van der Waals surface area contributed by atoms with E-state index in [2.05, 4.69) is 21.3 Å². The monoisotopic (exact) mass is 437 g/mol. The van der Waals surface area contributed by atoms with Crippen LogP contribution in [0.15, 0.2) is 60.8 Å². The number of hydrazine groups is 1. The first-order valence-electron chi connectivity index (χ1n) is 9.78. The van der Waals surface area contributed by atoms with Crippen LogP contribution in [0.3, 0.4) is 0 Å². The van der Waals surface area contributed by atoms with Crippen LogP contribution in [0.4, 0.5) is 0 Å². The zero-order valence-electron chi connectivity index (χ0n) is 16.5. The van der Waals surface area contributed by atoms with E-state index in [0.29, 0.717) is 22.8 Å². The first kappa shape index (κ1) is 20.6. The zero-order valence-corrected chi connectivity index (χ0v) is 17.2. The molecule has 2 aromatic carbocycles. The Labute approximate surface area is 183 Å². The van der Waals surface area contributed by atoms with Crippen molar-refractivity contribution >= 4 is 29.3 Å². The molecule has 1 aliphatic rings. The molecule has 0 radical (unpaired) electrons. The second-order valence-corrected chi connectivity index (χ2v) is 7.67. The van der Waals surface area contributed by atoms with Gasteiger partial charge in [-0.25, -0.2) is 0 Å². The lowest BCUT2D eigenvalue weighted by Gasteiger charge is -2.07. The van der Waals surface area contributed by atoms with Crippen molar-refractivity contribution < 1.29 is 14.4 Å². The predicted octanol–water partition coefficient (Wildman–Crippen LogP) is 2.29. The number of carbonyl (C=O) groups excluding carboxylic acids is 3. The SMILES string of the molecule is O=C(NNC(=O)c1cn(Cc2ccccc2)nc1-c1ccc(Cl)cc1)C(=O)NC1CC1. The van der Waals surface area contributed by atoms with Crippen LogP contribution < -0.4 is 16.2 Å². The van der Waals surface area contributed by atoms with Gasteiger partial charge in [0.15, 0.2) is 0 Å². The molecule has 8 nitrogen and oxygen atoms in total. The summed E-state index contributed by atoms with van der Waals surface area (Å²) < 4.78 is 1.65. The second-order valence-electron chi connectivity index (χ2n) is 7.24. The summed E-state index contributed by atoms with van der Waals surface area (Å²) in [5.41, 5.74) is 6.84. The number of hydrogen-bond donors (Lipinski definition) is 3. The molecule has 9 heteroatoms. The van der Waals surface area contributed by atoms with E-state index in [-0.39, 0.29) is 11.6 Å².